The average molecular weight is 235 g/mol. The lowest BCUT2D eigenvalue weighted by atomic mass is 10.1. The predicted octanol–water partition coefficient (Wildman–Crippen LogP) is 2.25. The highest BCUT2D eigenvalue weighted by Crippen LogP contribution is 2.21. The molecule has 0 spiro atoms. The number of halogens is 1. The molecule has 0 saturated heterocycles. The standard InChI is InChI=1S/C12H14FN3O/c1-7-3-9(5-10(13)4-7)11-15-12(17-16-11)8(2)6-14/h3-5,8H,6,14H2,1-2H3. The maximum atomic E-state index is 13.2. The Bertz CT molecular complexity index is 504. The molecule has 2 rings (SSSR count). The van der Waals surface area contributed by atoms with Gasteiger partial charge in [0.1, 0.15) is 5.82 Å². The van der Waals surface area contributed by atoms with Gasteiger partial charge in [0.05, 0.1) is 0 Å². The largest absolute Gasteiger partial charge is 0.339 e. The van der Waals surface area contributed by atoms with Crippen LogP contribution in [-0.2, 0) is 0 Å². The smallest absolute Gasteiger partial charge is 0.231 e. The van der Waals surface area contributed by atoms with Crippen LogP contribution in [0.5, 0.6) is 0 Å². The lowest BCUT2D eigenvalue weighted by Crippen LogP contribution is -2.08. The van der Waals surface area contributed by atoms with Gasteiger partial charge in [0, 0.05) is 18.0 Å². The van der Waals surface area contributed by atoms with Gasteiger partial charge in [-0.05, 0) is 30.7 Å². The van der Waals surface area contributed by atoms with Gasteiger partial charge < -0.3 is 10.3 Å². The normalized spacial score (nSPS) is 12.7. The fourth-order valence-corrected chi connectivity index (χ4v) is 1.52. The average Bonchev–Trinajstić information content (AvgIpc) is 2.76. The third kappa shape index (κ3) is 2.50. The molecule has 2 aromatic rings. The van der Waals surface area contributed by atoms with Crippen molar-refractivity contribution in [2.45, 2.75) is 19.8 Å². The topological polar surface area (TPSA) is 64.9 Å². The molecule has 1 aromatic heterocycles. The first-order chi connectivity index (χ1) is 8.10. The predicted molar refractivity (Wildman–Crippen MR) is 61.9 cm³/mol. The number of rotatable bonds is 3. The van der Waals surface area contributed by atoms with Crippen molar-refractivity contribution in [2.24, 2.45) is 5.73 Å². The van der Waals surface area contributed by atoms with E-state index < -0.39 is 0 Å². The van der Waals surface area contributed by atoms with Gasteiger partial charge in [-0.25, -0.2) is 4.39 Å². The van der Waals surface area contributed by atoms with Crippen molar-refractivity contribution in [2.75, 3.05) is 6.54 Å². The van der Waals surface area contributed by atoms with Crippen LogP contribution in [0.2, 0.25) is 0 Å². The highest BCUT2D eigenvalue weighted by Gasteiger charge is 2.14. The van der Waals surface area contributed by atoms with Crippen molar-refractivity contribution in [3.8, 4) is 11.4 Å². The maximum absolute atomic E-state index is 13.2. The first-order valence-corrected chi connectivity index (χ1v) is 5.41. The van der Waals surface area contributed by atoms with Crippen molar-refractivity contribution in [3.05, 3.63) is 35.5 Å². The van der Waals surface area contributed by atoms with Gasteiger partial charge in [-0.2, -0.15) is 4.98 Å². The summed E-state index contributed by atoms with van der Waals surface area (Å²) in [6.07, 6.45) is 0. The van der Waals surface area contributed by atoms with Gasteiger partial charge in [0.25, 0.3) is 0 Å². The second-order valence-corrected chi connectivity index (χ2v) is 4.11. The molecule has 1 heterocycles. The van der Waals surface area contributed by atoms with Crippen molar-refractivity contribution in [1.29, 1.82) is 0 Å². The van der Waals surface area contributed by atoms with E-state index in [1.54, 1.807) is 0 Å². The number of nitrogens with zero attached hydrogens (tertiary/aromatic N) is 2. The quantitative estimate of drug-likeness (QED) is 0.886. The number of hydrogen-bond acceptors (Lipinski definition) is 4. The number of aryl methyl sites for hydroxylation is 1. The summed E-state index contributed by atoms with van der Waals surface area (Å²) < 4.78 is 18.3. The summed E-state index contributed by atoms with van der Waals surface area (Å²) in [5, 5.41) is 3.83. The van der Waals surface area contributed by atoms with Gasteiger partial charge in [-0.15, -0.1) is 0 Å². The van der Waals surface area contributed by atoms with Crippen molar-refractivity contribution < 1.29 is 8.91 Å². The molecule has 0 bridgehead atoms. The van der Waals surface area contributed by atoms with Crippen molar-refractivity contribution in [3.63, 3.8) is 0 Å². The Morgan fingerprint density at radius 3 is 2.82 bits per heavy atom. The molecule has 90 valence electrons. The number of nitrogens with two attached hydrogens (primary N) is 1. The molecule has 2 N–H and O–H groups in total. The van der Waals surface area contributed by atoms with Crippen LogP contribution >= 0.6 is 0 Å². The van der Waals surface area contributed by atoms with E-state index in [1.807, 2.05) is 19.9 Å². The Labute approximate surface area is 98.6 Å². The zero-order valence-electron chi connectivity index (χ0n) is 9.77. The minimum atomic E-state index is -0.307. The van der Waals surface area contributed by atoms with Crippen molar-refractivity contribution in [1.82, 2.24) is 10.1 Å². The molecule has 0 amide bonds. The summed E-state index contributed by atoms with van der Waals surface area (Å²) in [7, 11) is 0. The van der Waals surface area contributed by atoms with Crippen LogP contribution in [0.25, 0.3) is 11.4 Å². The van der Waals surface area contributed by atoms with E-state index >= 15 is 0 Å². The van der Waals surface area contributed by atoms with E-state index in [0.29, 0.717) is 23.8 Å². The molecular weight excluding hydrogens is 221 g/mol. The molecule has 0 aliphatic rings. The number of aromatic nitrogens is 2. The van der Waals surface area contributed by atoms with Crippen LogP contribution in [0.1, 0.15) is 24.3 Å². The molecule has 17 heavy (non-hydrogen) atoms. The van der Waals surface area contributed by atoms with Crippen molar-refractivity contribution >= 4 is 0 Å². The number of benzene rings is 1. The van der Waals surface area contributed by atoms with Crippen LogP contribution < -0.4 is 5.73 Å². The van der Waals surface area contributed by atoms with E-state index in [4.69, 9.17) is 10.3 Å². The highest BCUT2D eigenvalue weighted by atomic mass is 19.1. The van der Waals surface area contributed by atoms with Crippen LogP contribution in [0, 0.1) is 12.7 Å². The molecule has 0 aliphatic carbocycles. The first kappa shape index (κ1) is 11.7. The van der Waals surface area contributed by atoms with Gasteiger partial charge in [0.15, 0.2) is 0 Å². The molecule has 0 fully saturated rings. The summed E-state index contributed by atoms with van der Waals surface area (Å²) >= 11 is 0. The molecule has 1 atom stereocenters. The summed E-state index contributed by atoms with van der Waals surface area (Å²) in [6, 6.07) is 4.65. The Morgan fingerprint density at radius 1 is 1.41 bits per heavy atom. The number of hydrogen-bond donors (Lipinski definition) is 1. The molecule has 0 aliphatic heterocycles. The van der Waals surface area contributed by atoms with Crippen LogP contribution in [0.3, 0.4) is 0 Å². The van der Waals surface area contributed by atoms with E-state index in [2.05, 4.69) is 10.1 Å². The fraction of sp³-hybridized carbons (Fsp3) is 0.333. The Kier molecular flexibility index (Phi) is 3.19. The molecule has 0 saturated carbocycles. The Morgan fingerprint density at radius 2 is 2.18 bits per heavy atom. The first-order valence-electron chi connectivity index (χ1n) is 5.41. The molecule has 1 unspecified atom stereocenters. The Balaban J connectivity index is 2.36. The fourth-order valence-electron chi connectivity index (χ4n) is 1.52. The third-order valence-corrected chi connectivity index (χ3v) is 2.52. The van der Waals surface area contributed by atoms with E-state index in [9.17, 15) is 4.39 Å². The Hall–Kier alpha value is -1.75. The zero-order chi connectivity index (χ0) is 12.4. The maximum Gasteiger partial charge on any atom is 0.231 e. The van der Waals surface area contributed by atoms with Crippen LogP contribution in [-0.4, -0.2) is 16.7 Å². The minimum absolute atomic E-state index is 0.00547. The summed E-state index contributed by atoms with van der Waals surface area (Å²) in [4.78, 5) is 4.21. The molecule has 1 aromatic carbocycles. The molecule has 4 nitrogen and oxygen atoms in total. The SMILES string of the molecule is Cc1cc(F)cc(-c2noc(C(C)CN)n2)c1. The van der Waals surface area contributed by atoms with E-state index in [0.717, 1.165) is 5.56 Å². The van der Waals surface area contributed by atoms with Gasteiger partial charge in [-0.3, -0.25) is 0 Å². The highest BCUT2D eigenvalue weighted by molar-refractivity contribution is 5.55. The van der Waals surface area contributed by atoms with E-state index in [1.165, 1.54) is 12.1 Å². The monoisotopic (exact) mass is 235 g/mol. The lowest BCUT2D eigenvalue weighted by molar-refractivity contribution is 0.361. The van der Waals surface area contributed by atoms with Gasteiger partial charge in [0.2, 0.25) is 11.7 Å². The second-order valence-electron chi connectivity index (χ2n) is 4.11. The lowest BCUT2D eigenvalue weighted by Gasteiger charge is -1.99. The van der Waals surface area contributed by atoms with Crippen LogP contribution in [0.4, 0.5) is 4.39 Å². The summed E-state index contributed by atoms with van der Waals surface area (Å²) in [6.45, 7) is 4.15. The molecule has 5 heteroatoms. The van der Waals surface area contributed by atoms with Gasteiger partial charge in [-0.1, -0.05) is 12.1 Å². The summed E-state index contributed by atoms with van der Waals surface area (Å²) in [5.74, 6) is 0.566. The third-order valence-electron chi connectivity index (χ3n) is 2.52. The van der Waals surface area contributed by atoms with Crippen LogP contribution in [0.15, 0.2) is 22.7 Å². The molecular formula is C12H14FN3O. The summed E-state index contributed by atoms with van der Waals surface area (Å²) in [5.41, 5.74) is 6.94. The second kappa shape index (κ2) is 4.63. The van der Waals surface area contributed by atoms with E-state index in [-0.39, 0.29) is 11.7 Å². The minimum Gasteiger partial charge on any atom is -0.339 e. The zero-order valence-corrected chi connectivity index (χ0v) is 9.77. The van der Waals surface area contributed by atoms with Gasteiger partial charge >= 0.3 is 0 Å². The molecule has 0 radical (unpaired) electrons.